The summed E-state index contributed by atoms with van der Waals surface area (Å²) in [5.41, 5.74) is 1.34. The quantitative estimate of drug-likeness (QED) is 0.822. The first-order valence-corrected chi connectivity index (χ1v) is 8.83. The number of carbonyl (C=O) groups is 2. The van der Waals surface area contributed by atoms with E-state index in [1.165, 1.54) is 11.3 Å². The van der Waals surface area contributed by atoms with Crippen molar-refractivity contribution in [2.75, 3.05) is 44.2 Å². The Morgan fingerprint density at radius 3 is 2.35 bits per heavy atom. The van der Waals surface area contributed by atoms with Gasteiger partial charge in [-0.1, -0.05) is 12.1 Å². The summed E-state index contributed by atoms with van der Waals surface area (Å²) in [6.45, 7) is 0.178. The molecule has 0 bridgehead atoms. The van der Waals surface area contributed by atoms with Crippen molar-refractivity contribution in [3.8, 4) is 0 Å². The number of benzene rings is 1. The van der Waals surface area contributed by atoms with Gasteiger partial charge in [-0.3, -0.25) is 9.59 Å². The van der Waals surface area contributed by atoms with Crippen LogP contribution in [0.4, 0.5) is 18.9 Å². The molecule has 0 radical (unpaired) electrons. The summed E-state index contributed by atoms with van der Waals surface area (Å²) in [5.74, 6) is -0.969. The lowest BCUT2D eigenvalue weighted by Gasteiger charge is -2.36. The molecule has 0 aliphatic carbocycles. The number of nitrogens with zero attached hydrogens (tertiary/aromatic N) is 3. The van der Waals surface area contributed by atoms with Crippen LogP contribution in [0.5, 0.6) is 0 Å². The van der Waals surface area contributed by atoms with Crippen LogP contribution in [0, 0.1) is 0 Å². The summed E-state index contributed by atoms with van der Waals surface area (Å²) in [5, 5.41) is 0. The fourth-order valence-corrected chi connectivity index (χ4v) is 3.50. The molecule has 26 heavy (non-hydrogen) atoms. The number of amides is 2. The maximum absolute atomic E-state index is 12.9. The van der Waals surface area contributed by atoms with Crippen molar-refractivity contribution in [2.24, 2.45) is 0 Å². The minimum Gasteiger partial charge on any atom is -0.371 e. The first-order valence-electron chi connectivity index (χ1n) is 8.83. The third-order valence-corrected chi connectivity index (χ3v) is 4.81. The average Bonchev–Trinajstić information content (AvgIpc) is 2.62. The molecule has 2 amide bonds. The largest absolute Gasteiger partial charge is 0.406 e. The molecule has 0 unspecified atom stereocenters. The highest BCUT2D eigenvalue weighted by molar-refractivity contribution is 6.01. The van der Waals surface area contributed by atoms with Gasteiger partial charge in [0, 0.05) is 31.9 Å². The SMILES string of the molecule is O=C1CN(C(=O)c2ccccc2N2CCCCC2)CCN1CC(F)(F)F. The smallest absolute Gasteiger partial charge is 0.371 e. The van der Waals surface area contributed by atoms with E-state index in [4.69, 9.17) is 0 Å². The van der Waals surface area contributed by atoms with Crippen LogP contribution in [0.2, 0.25) is 0 Å². The molecule has 0 N–H and O–H groups in total. The van der Waals surface area contributed by atoms with Gasteiger partial charge in [0.05, 0.1) is 5.56 Å². The molecule has 1 aromatic carbocycles. The third kappa shape index (κ3) is 4.28. The Hall–Kier alpha value is -2.25. The maximum atomic E-state index is 12.9. The van der Waals surface area contributed by atoms with E-state index < -0.39 is 18.6 Å². The highest BCUT2D eigenvalue weighted by atomic mass is 19.4. The fraction of sp³-hybridized carbons (Fsp3) is 0.556. The van der Waals surface area contributed by atoms with Crippen molar-refractivity contribution in [3.05, 3.63) is 29.8 Å². The predicted octanol–water partition coefficient (Wildman–Crippen LogP) is 2.52. The van der Waals surface area contributed by atoms with Crippen molar-refractivity contribution < 1.29 is 22.8 Å². The van der Waals surface area contributed by atoms with E-state index in [9.17, 15) is 22.8 Å². The van der Waals surface area contributed by atoms with Crippen LogP contribution in [0.15, 0.2) is 24.3 Å². The summed E-state index contributed by atoms with van der Waals surface area (Å²) in [6, 6.07) is 7.24. The van der Waals surface area contributed by atoms with Crippen molar-refractivity contribution in [1.29, 1.82) is 0 Å². The Kier molecular flexibility index (Phi) is 5.38. The number of piperidine rings is 1. The molecule has 1 aromatic rings. The lowest BCUT2D eigenvalue weighted by Crippen LogP contribution is -2.54. The van der Waals surface area contributed by atoms with E-state index in [0.29, 0.717) is 5.56 Å². The fourth-order valence-electron chi connectivity index (χ4n) is 3.50. The van der Waals surface area contributed by atoms with Crippen LogP contribution >= 0.6 is 0 Å². The minimum atomic E-state index is -4.43. The molecule has 3 rings (SSSR count). The summed E-state index contributed by atoms with van der Waals surface area (Å²) >= 11 is 0. The van der Waals surface area contributed by atoms with E-state index >= 15 is 0 Å². The standard InChI is InChI=1S/C18H22F3N3O2/c19-18(20,21)13-24-11-10-23(12-16(24)25)17(26)14-6-2-3-7-15(14)22-8-4-1-5-9-22/h2-3,6-7H,1,4-5,8-13H2. The van der Waals surface area contributed by atoms with Gasteiger partial charge in [-0.25, -0.2) is 0 Å². The third-order valence-electron chi connectivity index (χ3n) is 4.81. The van der Waals surface area contributed by atoms with Gasteiger partial charge in [0.2, 0.25) is 5.91 Å². The van der Waals surface area contributed by atoms with Gasteiger partial charge >= 0.3 is 6.18 Å². The molecule has 2 heterocycles. The number of hydrogen-bond acceptors (Lipinski definition) is 3. The van der Waals surface area contributed by atoms with Gasteiger partial charge in [0.25, 0.3) is 5.91 Å². The van der Waals surface area contributed by atoms with Gasteiger partial charge in [0.1, 0.15) is 13.1 Å². The molecule has 2 fully saturated rings. The molecule has 0 saturated carbocycles. The van der Waals surface area contributed by atoms with Gasteiger partial charge in [-0.05, 0) is 31.4 Å². The number of rotatable bonds is 3. The molecule has 0 spiro atoms. The minimum absolute atomic E-state index is 0.101. The summed E-state index contributed by atoms with van der Waals surface area (Å²) in [7, 11) is 0. The lowest BCUT2D eigenvalue weighted by atomic mass is 10.1. The second kappa shape index (κ2) is 7.55. The summed E-state index contributed by atoms with van der Waals surface area (Å²) in [6.07, 6.45) is -1.13. The maximum Gasteiger partial charge on any atom is 0.406 e. The first kappa shape index (κ1) is 18.5. The Balaban J connectivity index is 1.72. The molecule has 0 atom stereocenters. The van der Waals surface area contributed by atoms with Crippen LogP contribution in [-0.2, 0) is 4.79 Å². The number of carbonyl (C=O) groups excluding carboxylic acids is 2. The average molecular weight is 369 g/mol. The number of piperazine rings is 1. The molecule has 142 valence electrons. The summed E-state index contributed by atoms with van der Waals surface area (Å²) in [4.78, 5) is 29.2. The normalized spacial score (nSPS) is 19.0. The van der Waals surface area contributed by atoms with Crippen LogP contribution < -0.4 is 4.90 Å². The van der Waals surface area contributed by atoms with E-state index in [-0.39, 0.29) is 25.5 Å². The van der Waals surface area contributed by atoms with Gasteiger partial charge in [-0.2, -0.15) is 13.2 Å². The monoisotopic (exact) mass is 369 g/mol. The predicted molar refractivity (Wildman–Crippen MR) is 91.0 cm³/mol. The van der Waals surface area contributed by atoms with Crippen molar-refractivity contribution in [3.63, 3.8) is 0 Å². The molecular weight excluding hydrogens is 347 g/mol. The first-order chi connectivity index (χ1) is 12.3. The number of alkyl halides is 3. The molecular formula is C18H22F3N3O2. The van der Waals surface area contributed by atoms with E-state index in [2.05, 4.69) is 4.90 Å². The zero-order valence-electron chi connectivity index (χ0n) is 14.5. The summed E-state index contributed by atoms with van der Waals surface area (Å²) < 4.78 is 37.5. The van der Waals surface area contributed by atoms with Gasteiger partial charge < -0.3 is 14.7 Å². The molecule has 8 heteroatoms. The van der Waals surface area contributed by atoms with E-state index in [1.54, 1.807) is 12.1 Å². The second-order valence-electron chi connectivity index (χ2n) is 6.72. The van der Waals surface area contributed by atoms with E-state index in [1.807, 2.05) is 12.1 Å². The number of anilines is 1. The van der Waals surface area contributed by atoms with Crippen LogP contribution in [0.3, 0.4) is 0 Å². The van der Waals surface area contributed by atoms with Crippen molar-refractivity contribution >= 4 is 17.5 Å². The van der Waals surface area contributed by atoms with Crippen molar-refractivity contribution in [1.82, 2.24) is 9.80 Å². The number of para-hydroxylation sites is 1. The highest BCUT2D eigenvalue weighted by Crippen LogP contribution is 2.26. The molecule has 2 aliphatic rings. The second-order valence-corrected chi connectivity index (χ2v) is 6.72. The Bertz CT molecular complexity index is 672. The van der Waals surface area contributed by atoms with Crippen molar-refractivity contribution in [2.45, 2.75) is 25.4 Å². The lowest BCUT2D eigenvalue weighted by molar-refractivity contribution is -0.164. The van der Waals surface area contributed by atoms with Gasteiger partial charge in [-0.15, -0.1) is 0 Å². The van der Waals surface area contributed by atoms with Crippen LogP contribution in [0.1, 0.15) is 29.6 Å². The Morgan fingerprint density at radius 2 is 1.69 bits per heavy atom. The Morgan fingerprint density at radius 1 is 1.00 bits per heavy atom. The Labute approximate surface area is 150 Å². The molecule has 2 aliphatic heterocycles. The van der Waals surface area contributed by atoms with E-state index in [0.717, 1.165) is 36.5 Å². The highest BCUT2D eigenvalue weighted by Gasteiger charge is 2.36. The zero-order valence-corrected chi connectivity index (χ0v) is 14.5. The molecule has 2 saturated heterocycles. The molecule has 0 aromatic heterocycles. The number of hydrogen-bond donors (Lipinski definition) is 0. The molecule has 5 nitrogen and oxygen atoms in total. The van der Waals surface area contributed by atoms with Crippen LogP contribution in [0.25, 0.3) is 0 Å². The zero-order chi connectivity index (χ0) is 18.7. The van der Waals surface area contributed by atoms with Gasteiger partial charge in [0.15, 0.2) is 0 Å². The van der Waals surface area contributed by atoms with Crippen LogP contribution in [-0.4, -0.2) is 67.1 Å². The number of halogens is 3. The topological polar surface area (TPSA) is 43.9 Å².